The fourth-order valence-electron chi connectivity index (χ4n) is 1.42. The average molecular weight is 238 g/mol. The maximum atomic E-state index is 6.10. The molecule has 16 heavy (non-hydrogen) atoms. The number of aromatic nitrogens is 4. The molecule has 2 rings (SSSR count). The van der Waals surface area contributed by atoms with E-state index in [4.69, 9.17) is 17.3 Å². The Kier molecular flexibility index (Phi) is 2.78. The minimum absolute atomic E-state index is 0.226. The topological polar surface area (TPSA) is 69.6 Å². The normalized spacial score (nSPS) is 11.0. The summed E-state index contributed by atoms with van der Waals surface area (Å²) in [7, 11) is 0. The number of halogens is 1. The Morgan fingerprint density at radius 1 is 1.38 bits per heavy atom. The van der Waals surface area contributed by atoms with Crippen molar-refractivity contribution in [1.82, 2.24) is 20.2 Å². The van der Waals surface area contributed by atoms with Gasteiger partial charge in [0.1, 0.15) is 0 Å². The van der Waals surface area contributed by atoms with Gasteiger partial charge < -0.3 is 5.73 Å². The number of rotatable bonds is 2. The number of nitrogen functional groups attached to an aromatic ring is 1. The lowest BCUT2D eigenvalue weighted by Gasteiger charge is -2.08. The van der Waals surface area contributed by atoms with Gasteiger partial charge in [0.05, 0.1) is 10.7 Å². The summed E-state index contributed by atoms with van der Waals surface area (Å²) in [6, 6.07) is 5.26. The van der Waals surface area contributed by atoms with Crippen molar-refractivity contribution in [3.63, 3.8) is 0 Å². The standard InChI is InChI=1S/C10H12ClN5/c1-6(2)10-13-14-15-16(10)9-4-3-7(12)5-8(9)11/h3-6H,12H2,1-2H3. The van der Waals surface area contributed by atoms with Crippen LogP contribution in [0.25, 0.3) is 5.69 Å². The summed E-state index contributed by atoms with van der Waals surface area (Å²) in [6.45, 7) is 4.04. The first-order chi connectivity index (χ1) is 7.59. The molecule has 0 aliphatic carbocycles. The SMILES string of the molecule is CC(C)c1nnnn1-c1ccc(N)cc1Cl. The molecule has 1 aromatic carbocycles. The van der Waals surface area contributed by atoms with E-state index in [0.29, 0.717) is 10.7 Å². The Balaban J connectivity index is 2.54. The summed E-state index contributed by atoms with van der Waals surface area (Å²) in [5, 5.41) is 12.1. The number of tetrazole rings is 1. The maximum absolute atomic E-state index is 6.10. The zero-order chi connectivity index (χ0) is 11.7. The molecule has 2 N–H and O–H groups in total. The van der Waals surface area contributed by atoms with Crippen LogP contribution in [0.3, 0.4) is 0 Å². The second kappa shape index (κ2) is 4.09. The molecule has 6 heteroatoms. The molecule has 0 saturated heterocycles. The van der Waals surface area contributed by atoms with Crippen LogP contribution >= 0.6 is 11.6 Å². The lowest BCUT2D eigenvalue weighted by atomic mass is 10.2. The van der Waals surface area contributed by atoms with Crippen molar-refractivity contribution < 1.29 is 0 Å². The van der Waals surface area contributed by atoms with Crippen LogP contribution in [0, 0.1) is 0 Å². The average Bonchev–Trinajstić information content (AvgIpc) is 2.66. The quantitative estimate of drug-likeness (QED) is 0.812. The van der Waals surface area contributed by atoms with Crippen molar-refractivity contribution in [2.24, 2.45) is 0 Å². The zero-order valence-electron chi connectivity index (χ0n) is 9.05. The molecule has 0 amide bonds. The molecule has 0 aliphatic rings. The number of hydrogen-bond donors (Lipinski definition) is 1. The molecule has 1 aromatic heterocycles. The van der Waals surface area contributed by atoms with E-state index < -0.39 is 0 Å². The van der Waals surface area contributed by atoms with E-state index in [-0.39, 0.29) is 5.92 Å². The monoisotopic (exact) mass is 237 g/mol. The molecule has 1 heterocycles. The molecule has 0 bridgehead atoms. The van der Waals surface area contributed by atoms with Gasteiger partial charge in [-0.15, -0.1) is 5.10 Å². The van der Waals surface area contributed by atoms with Crippen LogP contribution in [-0.4, -0.2) is 20.2 Å². The lowest BCUT2D eigenvalue weighted by molar-refractivity contribution is 0.710. The maximum Gasteiger partial charge on any atom is 0.159 e. The van der Waals surface area contributed by atoms with Crippen molar-refractivity contribution in [3.8, 4) is 5.69 Å². The van der Waals surface area contributed by atoms with E-state index in [1.807, 2.05) is 13.8 Å². The number of nitrogens with two attached hydrogens (primary N) is 1. The first kappa shape index (κ1) is 10.9. The second-order valence-electron chi connectivity index (χ2n) is 3.81. The Morgan fingerprint density at radius 3 is 2.75 bits per heavy atom. The molecule has 0 atom stereocenters. The molecule has 84 valence electrons. The van der Waals surface area contributed by atoms with Gasteiger partial charge >= 0.3 is 0 Å². The molecular weight excluding hydrogens is 226 g/mol. The number of hydrogen-bond acceptors (Lipinski definition) is 4. The van der Waals surface area contributed by atoms with Gasteiger partial charge in [0.2, 0.25) is 0 Å². The predicted octanol–water partition coefficient (Wildman–Crippen LogP) is 2.02. The van der Waals surface area contributed by atoms with Crippen LogP contribution in [0.5, 0.6) is 0 Å². The van der Waals surface area contributed by atoms with Crippen molar-refractivity contribution in [3.05, 3.63) is 29.0 Å². The molecule has 0 radical (unpaired) electrons. The molecule has 2 aromatic rings. The van der Waals surface area contributed by atoms with Crippen LogP contribution in [0.2, 0.25) is 5.02 Å². The zero-order valence-corrected chi connectivity index (χ0v) is 9.81. The number of nitrogens with zero attached hydrogens (tertiary/aromatic N) is 4. The van der Waals surface area contributed by atoms with Gasteiger partial charge in [0, 0.05) is 11.6 Å². The second-order valence-corrected chi connectivity index (χ2v) is 4.22. The highest BCUT2D eigenvalue weighted by Crippen LogP contribution is 2.24. The van der Waals surface area contributed by atoms with E-state index >= 15 is 0 Å². The summed E-state index contributed by atoms with van der Waals surface area (Å²) >= 11 is 6.10. The Labute approximate surface area is 98.2 Å². The van der Waals surface area contributed by atoms with E-state index in [1.165, 1.54) is 0 Å². The fraction of sp³-hybridized carbons (Fsp3) is 0.300. The van der Waals surface area contributed by atoms with Gasteiger partial charge in [-0.2, -0.15) is 4.68 Å². The van der Waals surface area contributed by atoms with Gasteiger partial charge in [-0.05, 0) is 28.6 Å². The molecule has 0 unspecified atom stereocenters. The van der Waals surface area contributed by atoms with Crippen molar-refractivity contribution in [2.45, 2.75) is 19.8 Å². The van der Waals surface area contributed by atoms with Crippen LogP contribution in [0.4, 0.5) is 5.69 Å². The fourth-order valence-corrected chi connectivity index (χ4v) is 1.69. The molecule has 0 spiro atoms. The molecule has 0 fully saturated rings. The van der Waals surface area contributed by atoms with Crippen molar-refractivity contribution >= 4 is 17.3 Å². The summed E-state index contributed by atoms with van der Waals surface area (Å²) < 4.78 is 1.63. The van der Waals surface area contributed by atoms with Gasteiger partial charge in [-0.3, -0.25) is 0 Å². The molecular formula is C10H12ClN5. The van der Waals surface area contributed by atoms with E-state index in [2.05, 4.69) is 15.5 Å². The largest absolute Gasteiger partial charge is 0.399 e. The Hall–Kier alpha value is -1.62. The van der Waals surface area contributed by atoms with E-state index in [1.54, 1.807) is 22.9 Å². The molecule has 0 saturated carbocycles. The van der Waals surface area contributed by atoms with Gasteiger partial charge in [0.15, 0.2) is 5.82 Å². The lowest BCUT2D eigenvalue weighted by Crippen LogP contribution is -2.05. The van der Waals surface area contributed by atoms with Gasteiger partial charge in [-0.25, -0.2) is 0 Å². The van der Waals surface area contributed by atoms with Gasteiger partial charge in [0.25, 0.3) is 0 Å². The van der Waals surface area contributed by atoms with Crippen LogP contribution < -0.4 is 5.73 Å². The highest BCUT2D eigenvalue weighted by atomic mass is 35.5. The van der Waals surface area contributed by atoms with Crippen molar-refractivity contribution in [2.75, 3.05) is 5.73 Å². The Morgan fingerprint density at radius 2 is 2.12 bits per heavy atom. The van der Waals surface area contributed by atoms with Gasteiger partial charge in [-0.1, -0.05) is 25.4 Å². The first-order valence-electron chi connectivity index (χ1n) is 4.93. The van der Waals surface area contributed by atoms with E-state index in [0.717, 1.165) is 11.5 Å². The minimum atomic E-state index is 0.226. The first-order valence-corrected chi connectivity index (χ1v) is 5.31. The minimum Gasteiger partial charge on any atom is -0.399 e. The van der Waals surface area contributed by atoms with Crippen LogP contribution in [-0.2, 0) is 0 Å². The number of benzene rings is 1. The summed E-state index contributed by atoms with van der Waals surface area (Å²) in [6.07, 6.45) is 0. The third kappa shape index (κ3) is 1.86. The predicted molar refractivity (Wildman–Crippen MR) is 62.7 cm³/mol. The third-order valence-electron chi connectivity index (χ3n) is 2.21. The smallest absolute Gasteiger partial charge is 0.159 e. The Bertz CT molecular complexity index is 506. The highest BCUT2D eigenvalue weighted by Gasteiger charge is 2.13. The van der Waals surface area contributed by atoms with Crippen LogP contribution in [0.15, 0.2) is 18.2 Å². The van der Waals surface area contributed by atoms with Crippen molar-refractivity contribution in [1.29, 1.82) is 0 Å². The third-order valence-corrected chi connectivity index (χ3v) is 2.51. The van der Waals surface area contributed by atoms with Crippen LogP contribution in [0.1, 0.15) is 25.6 Å². The van der Waals surface area contributed by atoms with E-state index in [9.17, 15) is 0 Å². The molecule has 0 aliphatic heterocycles. The highest BCUT2D eigenvalue weighted by molar-refractivity contribution is 6.32. The number of anilines is 1. The molecule has 5 nitrogen and oxygen atoms in total. The summed E-state index contributed by atoms with van der Waals surface area (Å²) in [4.78, 5) is 0. The summed E-state index contributed by atoms with van der Waals surface area (Å²) in [5.74, 6) is 0.996. The summed E-state index contributed by atoms with van der Waals surface area (Å²) in [5.41, 5.74) is 6.99.